The van der Waals surface area contributed by atoms with Crippen LogP contribution in [0.15, 0.2) is 148 Å². The van der Waals surface area contributed by atoms with Gasteiger partial charge in [0.05, 0.1) is 11.0 Å². The number of nitrogens with zero attached hydrogens (tertiary/aromatic N) is 2. The number of rotatable bonds is 3. The minimum absolute atomic E-state index is 0.798. The van der Waals surface area contributed by atoms with Crippen molar-refractivity contribution in [2.75, 3.05) is 0 Å². The maximum Gasteiger partial charge on any atom is 0.178 e. The second kappa shape index (κ2) is 9.43. The Kier molecular flexibility index (Phi) is 5.17. The fourth-order valence-electron chi connectivity index (χ4n) is 7.10. The van der Waals surface area contributed by atoms with E-state index in [1.54, 1.807) is 0 Å². The third-order valence-electron chi connectivity index (χ3n) is 9.32. The highest BCUT2D eigenvalue weighted by atomic mass is 16.4. The zero-order chi connectivity index (χ0) is 30.4. The van der Waals surface area contributed by atoms with Crippen molar-refractivity contribution in [3.05, 3.63) is 145 Å². The average Bonchev–Trinajstić information content (AvgIpc) is 3.78. The molecule has 7 aromatic carbocycles. The summed E-state index contributed by atoms with van der Waals surface area (Å²) in [6.45, 7) is 2.06. The third kappa shape index (κ3) is 3.71. The molecule has 0 spiro atoms. The van der Waals surface area contributed by atoms with E-state index in [1.165, 1.54) is 27.5 Å². The number of fused-ring (bicyclic) bond motifs is 9. The summed E-state index contributed by atoms with van der Waals surface area (Å²) in [5, 5.41) is 6.75. The van der Waals surface area contributed by atoms with E-state index in [-0.39, 0.29) is 0 Å². The number of hydrogen-bond donors (Lipinski definition) is 0. The van der Waals surface area contributed by atoms with Gasteiger partial charge in [0.2, 0.25) is 0 Å². The average molecular weight is 591 g/mol. The van der Waals surface area contributed by atoms with Crippen molar-refractivity contribution in [3.8, 4) is 27.9 Å². The Morgan fingerprint density at radius 3 is 1.91 bits per heavy atom. The Morgan fingerprint density at radius 2 is 1.11 bits per heavy atom. The zero-order valence-electron chi connectivity index (χ0n) is 25.0. The Bertz CT molecular complexity index is 2830. The molecule has 0 radical (unpaired) electrons. The first-order valence-electron chi connectivity index (χ1n) is 15.5. The van der Waals surface area contributed by atoms with Gasteiger partial charge in [-0.05, 0) is 107 Å². The highest BCUT2D eigenvalue weighted by molar-refractivity contribution is 6.19. The minimum Gasteiger partial charge on any atom is -0.452 e. The van der Waals surface area contributed by atoms with Gasteiger partial charge < -0.3 is 8.83 Å². The van der Waals surface area contributed by atoms with Crippen molar-refractivity contribution in [2.24, 2.45) is 0 Å². The maximum absolute atomic E-state index is 6.37. The van der Waals surface area contributed by atoms with E-state index in [9.17, 15) is 0 Å². The van der Waals surface area contributed by atoms with Gasteiger partial charge in [-0.15, -0.1) is 0 Å². The molecule has 3 aromatic heterocycles. The van der Waals surface area contributed by atoms with Crippen LogP contribution < -0.4 is 0 Å². The minimum atomic E-state index is 0.798. The van der Waals surface area contributed by atoms with Gasteiger partial charge in [-0.2, -0.15) is 0 Å². The van der Waals surface area contributed by atoms with Gasteiger partial charge in [-0.25, -0.2) is 4.98 Å². The van der Waals surface area contributed by atoms with Crippen LogP contribution in [-0.2, 0) is 0 Å². The molecule has 0 fully saturated rings. The molecule has 0 saturated heterocycles. The maximum atomic E-state index is 6.37. The van der Waals surface area contributed by atoms with Crippen LogP contribution in [0.25, 0.3) is 93.6 Å². The van der Waals surface area contributed by atoms with E-state index in [0.717, 1.165) is 72.0 Å². The molecule has 46 heavy (non-hydrogen) atoms. The predicted octanol–water partition coefficient (Wildman–Crippen LogP) is 11.6. The fraction of sp³-hybridized carbons (Fsp3) is 0.0238. The van der Waals surface area contributed by atoms with Crippen LogP contribution in [0.1, 0.15) is 5.82 Å². The lowest BCUT2D eigenvalue weighted by molar-refractivity contribution is 0.633. The van der Waals surface area contributed by atoms with E-state index >= 15 is 0 Å². The van der Waals surface area contributed by atoms with Gasteiger partial charge in [0.1, 0.15) is 17.0 Å². The number of aromatic nitrogens is 2. The predicted molar refractivity (Wildman–Crippen MR) is 189 cm³/mol. The molecule has 3 heterocycles. The highest BCUT2D eigenvalue weighted by Crippen LogP contribution is 2.40. The van der Waals surface area contributed by atoms with Crippen molar-refractivity contribution in [2.45, 2.75) is 6.92 Å². The lowest BCUT2D eigenvalue weighted by Gasteiger charge is -2.11. The van der Waals surface area contributed by atoms with E-state index in [2.05, 4.69) is 127 Å². The summed E-state index contributed by atoms with van der Waals surface area (Å²) in [6.07, 6.45) is 0. The molecule has 0 bridgehead atoms. The number of para-hydroxylation sites is 3. The third-order valence-corrected chi connectivity index (χ3v) is 9.32. The monoisotopic (exact) mass is 590 g/mol. The van der Waals surface area contributed by atoms with E-state index < -0.39 is 0 Å². The fourth-order valence-corrected chi connectivity index (χ4v) is 7.10. The summed E-state index contributed by atoms with van der Waals surface area (Å²) in [6, 6.07) is 49.3. The lowest BCUT2D eigenvalue weighted by atomic mass is 9.97. The topological polar surface area (TPSA) is 44.1 Å². The SMILES string of the molecule is Cc1nc2ccccc2n1-c1cccc(-c2ccc3cc(-c4ccc5oc6c(ccc7c8ccccc8oc76)c5c4)ccc3c2)c1. The summed E-state index contributed by atoms with van der Waals surface area (Å²) in [5.41, 5.74) is 11.3. The standard InChI is InChI=1S/C42H26N2O2/c1-25-43-37-10-3-4-11-38(37)44(25)32-8-6-7-26(23-32)27-13-14-29-22-30(16-15-28(29)21-27)31-17-20-40-36(24-31)35-19-18-34-33-9-2-5-12-39(33)45-41(34)42(35)46-40/h2-24H,1H3. The van der Waals surface area contributed by atoms with E-state index in [1.807, 2.05) is 24.3 Å². The summed E-state index contributed by atoms with van der Waals surface area (Å²) < 4.78 is 14.8. The summed E-state index contributed by atoms with van der Waals surface area (Å²) in [4.78, 5) is 4.77. The van der Waals surface area contributed by atoms with Gasteiger partial charge in [-0.1, -0.05) is 72.8 Å². The summed E-state index contributed by atoms with van der Waals surface area (Å²) in [5.74, 6) is 0.980. The van der Waals surface area contributed by atoms with Crippen LogP contribution in [0.2, 0.25) is 0 Å². The first-order valence-corrected chi connectivity index (χ1v) is 15.5. The quantitative estimate of drug-likeness (QED) is 0.206. The van der Waals surface area contributed by atoms with Crippen LogP contribution >= 0.6 is 0 Å². The highest BCUT2D eigenvalue weighted by Gasteiger charge is 2.16. The Hall–Kier alpha value is -6.13. The first kappa shape index (κ1) is 25.2. The molecule has 216 valence electrons. The molecule has 0 amide bonds. The van der Waals surface area contributed by atoms with E-state index in [0.29, 0.717) is 0 Å². The number of furan rings is 2. The number of hydrogen-bond acceptors (Lipinski definition) is 3. The van der Waals surface area contributed by atoms with Gasteiger partial charge in [0.15, 0.2) is 11.2 Å². The summed E-state index contributed by atoms with van der Waals surface area (Å²) in [7, 11) is 0. The second-order valence-corrected chi connectivity index (χ2v) is 12.0. The molecule has 0 saturated carbocycles. The van der Waals surface area contributed by atoms with Crippen LogP contribution in [0.5, 0.6) is 0 Å². The molecular formula is C42H26N2O2. The lowest BCUT2D eigenvalue weighted by Crippen LogP contribution is -1.97. The smallest absolute Gasteiger partial charge is 0.178 e. The summed E-state index contributed by atoms with van der Waals surface area (Å²) >= 11 is 0. The molecule has 0 aliphatic heterocycles. The molecular weight excluding hydrogens is 564 g/mol. The molecule has 0 aliphatic rings. The van der Waals surface area contributed by atoms with Gasteiger partial charge in [-0.3, -0.25) is 4.57 Å². The van der Waals surface area contributed by atoms with Crippen LogP contribution in [0, 0.1) is 6.92 Å². The van der Waals surface area contributed by atoms with Gasteiger partial charge >= 0.3 is 0 Å². The molecule has 4 heteroatoms. The van der Waals surface area contributed by atoms with Crippen molar-refractivity contribution >= 4 is 65.7 Å². The number of imidazole rings is 1. The Balaban J connectivity index is 1.03. The number of aryl methyl sites for hydroxylation is 1. The van der Waals surface area contributed by atoms with E-state index in [4.69, 9.17) is 13.8 Å². The van der Waals surface area contributed by atoms with Crippen LogP contribution in [0.3, 0.4) is 0 Å². The molecule has 0 unspecified atom stereocenters. The molecule has 0 atom stereocenters. The van der Waals surface area contributed by atoms with Gasteiger partial charge in [0, 0.05) is 27.2 Å². The zero-order valence-corrected chi connectivity index (χ0v) is 25.0. The first-order chi connectivity index (χ1) is 22.7. The molecule has 10 aromatic rings. The van der Waals surface area contributed by atoms with Crippen molar-refractivity contribution in [1.82, 2.24) is 9.55 Å². The Labute approximate surface area is 263 Å². The molecule has 4 nitrogen and oxygen atoms in total. The van der Waals surface area contributed by atoms with Crippen molar-refractivity contribution in [1.29, 1.82) is 0 Å². The molecule has 10 rings (SSSR count). The molecule has 0 N–H and O–H groups in total. The van der Waals surface area contributed by atoms with Crippen LogP contribution in [-0.4, -0.2) is 9.55 Å². The van der Waals surface area contributed by atoms with Crippen molar-refractivity contribution in [3.63, 3.8) is 0 Å². The largest absolute Gasteiger partial charge is 0.452 e. The molecule has 0 aliphatic carbocycles. The second-order valence-electron chi connectivity index (χ2n) is 12.0. The Morgan fingerprint density at radius 1 is 0.478 bits per heavy atom. The normalized spacial score (nSPS) is 12.0. The van der Waals surface area contributed by atoms with Crippen LogP contribution in [0.4, 0.5) is 0 Å². The number of benzene rings is 7. The van der Waals surface area contributed by atoms with Crippen molar-refractivity contribution < 1.29 is 8.83 Å². The van der Waals surface area contributed by atoms with Gasteiger partial charge in [0.25, 0.3) is 0 Å².